The van der Waals surface area contributed by atoms with Gasteiger partial charge in [-0.25, -0.2) is 0 Å². The van der Waals surface area contributed by atoms with Gasteiger partial charge >= 0.3 is 0 Å². The fraction of sp³-hybridized carbons (Fsp3) is 0.326. The van der Waals surface area contributed by atoms with Crippen LogP contribution in [-0.2, 0) is 5.54 Å². The van der Waals surface area contributed by atoms with Gasteiger partial charge in [-0.3, -0.25) is 19.3 Å². The Morgan fingerprint density at radius 2 is 1.15 bits per heavy atom. The van der Waals surface area contributed by atoms with E-state index >= 15 is 0 Å². The zero-order chi connectivity index (χ0) is 38.4. The molecule has 0 radical (unpaired) electrons. The van der Waals surface area contributed by atoms with E-state index in [2.05, 4.69) is 101 Å². The Balaban J connectivity index is 1.08. The van der Waals surface area contributed by atoms with Gasteiger partial charge in [0.25, 0.3) is 17.7 Å². The predicted octanol–water partition coefficient (Wildman–Crippen LogP) is 10.0. The highest BCUT2D eigenvalue weighted by molar-refractivity contribution is 9.10. The lowest BCUT2D eigenvalue weighted by Crippen LogP contribution is -2.47. The van der Waals surface area contributed by atoms with Gasteiger partial charge in [0.2, 0.25) is 0 Å². The van der Waals surface area contributed by atoms with Crippen molar-refractivity contribution in [2.24, 2.45) is 0 Å². The highest BCUT2D eigenvalue weighted by atomic mass is 79.9. The minimum atomic E-state index is -0.865. The Kier molecular flexibility index (Phi) is 9.92. The van der Waals surface area contributed by atoms with Gasteiger partial charge in [0.1, 0.15) is 17.0 Å². The summed E-state index contributed by atoms with van der Waals surface area (Å²) in [5.74, 6) is 1.06. The molecule has 0 saturated carbocycles. The summed E-state index contributed by atoms with van der Waals surface area (Å²) in [4.78, 5) is 49.8. The Labute approximate surface area is 331 Å². The van der Waals surface area contributed by atoms with Crippen molar-refractivity contribution in [3.8, 4) is 11.5 Å². The highest BCUT2D eigenvalue weighted by Crippen LogP contribution is 2.58. The number of rotatable bonds is 13. The average molecular weight is 800 g/mol. The zero-order valence-corrected chi connectivity index (χ0v) is 33.6. The van der Waals surface area contributed by atoms with E-state index in [0.29, 0.717) is 36.2 Å². The molecule has 8 nitrogen and oxygen atoms in total. The van der Waals surface area contributed by atoms with E-state index < -0.39 is 5.54 Å². The highest BCUT2D eigenvalue weighted by Gasteiger charge is 2.56. The molecule has 0 fully saturated rings. The lowest BCUT2D eigenvalue weighted by Gasteiger charge is -2.45. The summed E-state index contributed by atoms with van der Waals surface area (Å²) in [6.45, 7) is 13.0. The Morgan fingerprint density at radius 1 is 0.582 bits per heavy atom. The van der Waals surface area contributed by atoms with Gasteiger partial charge in [-0.1, -0.05) is 71.2 Å². The number of nitrogens with zero attached hydrogens (tertiary/aromatic N) is 4. The number of fused-ring (bicyclic) bond motifs is 6. The molecule has 55 heavy (non-hydrogen) atoms. The third kappa shape index (κ3) is 5.81. The maximum atomic E-state index is 14.6. The second kappa shape index (κ2) is 14.8. The number of carbonyl (C=O) groups excluding carboxylic acids is 3. The zero-order valence-electron chi connectivity index (χ0n) is 32.0. The third-order valence-electron chi connectivity index (χ3n) is 11.8. The van der Waals surface area contributed by atoms with E-state index in [0.717, 1.165) is 100 Å². The number of hydrogen-bond donors (Lipinski definition) is 0. The van der Waals surface area contributed by atoms with E-state index in [4.69, 9.17) is 4.74 Å². The largest absolute Gasteiger partial charge is 0.456 e. The average Bonchev–Trinajstić information content (AvgIpc) is 3.45. The van der Waals surface area contributed by atoms with E-state index in [1.54, 1.807) is 6.07 Å². The van der Waals surface area contributed by atoms with Gasteiger partial charge in [-0.15, -0.1) is 0 Å². The number of carbonyl (C=O) groups is 3. The molecule has 0 aliphatic carbocycles. The van der Waals surface area contributed by atoms with Gasteiger partial charge in [0.05, 0.1) is 0 Å². The van der Waals surface area contributed by atoms with Crippen molar-refractivity contribution in [3.05, 3.63) is 129 Å². The minimum Gasteiger partial charge on any atom is -0.456 e. The van der Waals surface area contributed by atoms with Crippen LogP contribution in [0.1, 0.15) is 101 Å². The molecule has 0 atom stereocenters. The molecular weight excluding hydrogens is 752 g/mol. The van der Waals surface area contributed by atoms with Crippen molar-refractivity contribution in [2.75, 3.05) is 49.1 Å². The van der Waals surface area contributed by atoms with Gasteiger partial charge in [-0.2, -0.15) is 0 Å². The van der Waals surface area contributed by atoms with Crippen LogP contribution in [0, 0.1) is 0 Å². The third-order valence-corrected chi connectivity index (χ3v) is 12.5. The van der Waals surface area contributed by atoms with Crippen LogP contribution in [0.25, 0.3) is 10.8 Å². The summed E-state index contributed by atoms with van der Waals surface area (Å²) in [6, 6.07) is 30.3. The van der Waals surface area contributed by atoms with Crippen LogP contribution in [-0.4, -0.2) is 66.8 Å². The molecule has 0 unspecified atom stereocenters. The first kappa shape index (κ1) is 36.8. The molecule has 1 spiro atoms. The van der Waals surface area contributed by atoms with Crippen molar-refractivity contribution >= 4 is 55.8 Å². The van der Waals surface area contributed by atoms with Gasteiger partial charge in [-0.05, 0) is 87.9 Å². The van der Waals surface area contributed by atoms with Crippen LogP contribution in [0.4, 0.5) is 11.4 Å². The lowest BCUT2D eigenvalue weighted by molar-refractivity contribution is 0.0602. The molecule has 3 amide bonds. The summed E-state index contributed by atoms with van der Waals surface area (Å²) in [5.41, 5.74) is 6.06. The SMILES string of the molecule is CCN(CC)c1ccc2c(c1)Oc1cc(N(CC)CC)ccc1C21c2ccccc2C(=O)N1CCCCCCN1C(=O)c2cccc3c(Br)ccc(c23)C1=O. The Morgan fingerprint density at radius 3 is 1.76 bits per heavy atom. The molecule has 5 aromatic rings. The standard InChI is InChI=1S/C46H47BrN4O4/c1-5-48(6-2)30-20-23-37-40(28-30)55-41-29-31(49(7-3)8-4)21-24-38(41)46(37)36-19-12-11-16-32(36)45(54)51(46)27-14-10-9-13-26-50-43(52)34-18-15-17-33-39(47)25-22-35(42(33)34)44(50)53/h11-12,15-25,28-29H,5-10,13-14,26-27H2,1-4H3. The van der Waals surface area contributed by atoms with Crippen LogP contribution >= 0.6 is 15.9 Å². The van der Waals surface area contributed by atoms with Crippen molar-refractivity contribution in [1.82, 2.24) is 9.80 Å². The molecule has 3 aliphatic rings. The van der Waals surface area contributed by atoms with Gasteiger partial charge < -0.3 is 19.4 Å². The van der Waals surface area contributed by atoms with E-state index in [9.17, 15) is 14.4 Å². The van der Waals surface area contributed by atoms with Crippen LogP contribution in [0.2, 0.25) is 0 Å². The lowest BCUT2D eigenvalue weighted by atomic mass is 9.74. The maximum absolute atomic E-state index is 14.6. The smallest absolute Gasteiger partial charge is 0.261 e. The predicted molar refractivity (Wildman–Crippen MR) is 223 cm³/mol. The number of anilines is 2. The number of ether oxygens (including phenoxy) is 1. The van der Waals surface area contributed by atoms with E-state index in [1.807, 2.05) is 42.5 Å². The summed E-state index contributed by atoms with van der Waals surface area (Å²) in [6.07, 6.45) is 3.09. The van der Waals surface area contributed by atoms with Crippen molar-refractivity contribution < 1.29 is 19.1 Å². The van der Waals surface area contributed by atoms with Crippen molar-refractivity contribution in [2.45, 2.75) is 58.9 Å². The van der Waals surface area contributed by atoms with Crippen LogP contribution in [0.3, 0.4) is 0 Å². The molecule has 0 N–H and O–H groups in total. The molecule has 3 heterocycles. The fourth-order valence-electron chi connectivity index (χ4n) is 9.11. The maximum Gasteiger partial charge on any atom is 0.261 e. The number of halogens is 1. The first-order valence-corrected chi connectivity index (χ1v) is 20.5. The number of benzene rings is 5. The van der Waals surface area contributed by atoms with E-state index in [-0.39, 0.29) is 17.7 Å². The molecular formula is C46H47BrN4O4. The second-order valence-electron chi connectivity index (χ2n) is 14.5. The minimum absolute atomic E-state index is 0.0130. The number of unbranched alkanes of at least 4 members (excludes halogenated alkanes) is 3. The van der Waals surface area contributed by atoms with Crippen molar-refractivity contribution in [3.63, 3.8) is 0 Å². The Hall–Kier alpha value is -5.15. The number of imide groups is 1. The van der Waals surface area contributed by atoms with Gasteiger partial charge in [0.15, 0.2) is 0 Å². The number of hydrogen-bond acceptors (Lipinski definition) is 6. The molecule has 3 aliphatic heterocycles. The van der Waals surface area contributed by atoms with Crippen LogP contribution in [0.15, 0.2) is 95.5 Å². The first-order chi connectivity index (χ1) is 26.8. The topological polar surface area (TPSA) is 73.4 Å². The summed E-state index contributed by atoms with van der Waals surface area (Å²) >= 11 is 3.57. The summed E-state index contributed by atoms with van der Waals surface area (Å²) in [5, 5.41) is 1.59. The molecule has 0 aromatic heterocycles. The number of amides is 3. The van der Waals surface area contributed by atoms with Crippen LogP contribution < -0.4 is 14.5 Å². The monoisotopic (exact) mass is 798 g/mol. The molecule has 0 bridgehead atoms. The molecule has 8 rings (SSSR count). The molecule has 5 aromatic carbocycles. The quantitative estimate of drug-likeness (QED) is 0.0873. The molecule has 0 saturated heterocycles. The second-order valence-corrected chi connectivity index (χ2v) is 15.4. The Bertz CT molecular complexity index is 2250. The normalized spacial score (nSPS) is 15.0. The fourth-order valence-corrected chi connectivity index (χ4v) is 9.57. The van der Waals surface area contributed by atoms with E-state index in [1.165, 1.54) is 4.90 Å². The van der Waals surface area contributed by atoms with Crippen LogP contribution in [0.5, 0.6) is 11.5 Å². The summed E-state index contributed by atoms with van der Waals surface area (Å²) < 4.78 is 7.71. The molecule has 9 heteroatoms. The summed E-state index contributed by atoms with van der Waals surface area (Å²) in [7, 11) is 0. The van der Waals surface area contributed by atoms with Gasteiger partial charge in [0, 0.05) is 100 Å². The first-order valence-electron chi connectivity index (χ1n) is 19.7. The molecule has 282 valence electrons. The van der Waals surface area contributed by atoms with Crippen molar-refractivity contribution in [1.29, 1.82) is 0 Å².